The molecule has 2 amide bonds. The Labute approximate surface area is 199 Å². The Bertz CT molecular complexity index is 1150. The van der Waals surface area contributed by atoms with Gasteiger partial charge in [-0.15, -0.1) is 0 Å². The molecule has 1 aliphatic carbocycles. The van der Waals surface area contributed by atoms with Gasteiger partial charge in [0.05, 0.1) is 10.5 Å². The monoisotopic (exact) mass is 488 g/mol. The number of nitro groups is 1. The Morgan fingerprint density at radius 2 is 1.69 bits per heavy atom. The first-order valence-corrected chi connectivity index (χ1v) is 11.1. The van der Waals surface area contributed by atoms with E-state index in [0.29, 0.717) is 11.6 Å². The van der Waals surface area contributed by atoms with Gasteiger partial charge in [-0.1, -0.05) is 12.1 Å². The van der Waals surface area contributed by atoms with Gasteiger partial charge in [0.1, 0.15) is 5.69 Å². The fraction of sp³-hybridized carbons (Fsp3) is 0.333. The molecule has 1 heterocycles. The summed E-state index contributed by atoms with van der Waals surface area (Å²) in [4.78, 5) is 38.3. The summed E-state index contributed by atoms with van der Waals surface area (Å²) in [6, 6.07) is 9.60. The first kappa shape index (κ1) is 24.2. The van der Waals surface area contributed by atoms with Gasteiger partial charge in [-0.3, -0.25) is 19.7 Å². The van der Waals surface area contributed by atoms with E-state index in [1.807, 2.05) is 0 Å². The van der Waals surface area contributed by atoms with Crippen molar-refractivity contribution in [3.63, 3.8) is 0 Å². The van der Waals surface area contributed by atoms with Crippen LogP contribution in [0.4, 0.5) is 24.5 Å². The number of nitrogens with one attached hydrogen (secondary N) is 1. The molecule has 2 aromatic carbocycles. The highest BCUT2D eigenvalue weighted by Gasteiger charge is 2.34. The normalized spacial score (nSPS) is 16.4. The maximum absolute atomic E-state index is 12.9. The van der Waals surface area contributed by atoms with Gasteiger partial charge < -0.3 is 15.1 Å². The van der Waals surface area contributed by atoms with Crippen molar-refractivity contribution < 1.29 is 27.7 Å². The number of nitro benzene ring substituents is 1. The molecule has 1 saturated carbocycles. The molecule has 0 bridgehead atoms. The molecule has 184 valence electrons. The Hall–Kier alpha value is -3.89. The highest BCUT2D eigenvalue weighted by Crippen LogP contribution is 2.36. The van der Waals surface area contributed by atoms with E-state index in [0.717, 1.165) is 30.5 Å². The molecule has 2 aromatic rings. The van der Waals surface area contributed by atoms with Crippen molar-refractivity contribution in [3.05, 3.63) is 75.3 Å². The second kappa shape index (κ2) is 9.77. The molecule has 8 nitrogen and oxygen atoms in total. The lowest BCUT2D eigenvalue weighted by molar-refractivity contribution is -0.384. The van der Waals surface area contributed by atoms with Gasteiger partial charge in [0, 0.05) is 49.9 Å². The van der Waals surface area contributed by atoms with Gasteiger partial charge in [-0.25, -0.2) is 0 Å². The van der Waals surface area contributed by atoms with Crippen molar-refractivity contribution >= 4 is 29.3 Å². The van der Waals surface area contributed by atoms with E-state index in [1.54, 1.807) is 40.1 Å². The quantitative estimate of drug-likeness (QED) is 0.378. The Kier molecular flexibility index (Phi) is 6.77. The number of benzene rings is 2. The minimum atomic E-state index is -4.68. The molecule has 0 unspecified atom stereocenters. The predicted octanol–water partition coefficient (Wildman–Crippen LogP) is 3.87. The lowest BCUT2D eigenvalue weighted by Crippen LogP contribution is -2.48. The molecule has 35 heavy (non-hydrogen) atoms. The zero-order chi connectivity index (χ0) is 25.2. The molecule has 1 aliphatic heterocycles. The van der Waals surface area contributed by atoms with Gasteiger partial charge in [-0.2, -0.15) is 13.2 Å². The second-order valence-corrected chi connectivity index (χ2v) is 8.47. The molecule has 0 radical (unpaired) electrons. The van der Waals surface area contributed by atoms with Crippen LogP contribution in [0, 0.1) is 10.1 Å². The van der Waals surface area contributed by atoms with Gasteiger partial charge in [-0.05, 0) is 48.7 Å². The minimum Gasteiger partial charge on any atom is -0.362 e. The summed E-state index contributed by atoms with van der Waals surface area (Å²) in [5.74, 6) is -0.368. The van der Waals surface area contributed by atoms with Crippen LogP contribution >= 0.6 is 0 Å². The summed E-state index contributed by atoms with van der Waals surface area (Å²) in [7, 11) is 0. The average Bonchev–Trinajstić information content (AvgIpc) is 3.66. The van der Waals surface area contributed by atoms with Crippen LogP contribution in [-0.2, 0) is 11.0 Å². The maximum atomic E-state index is 12.9. The molecule has 2 fully saturated rings. The van der Waals surface area contributed by atoms with Crippen molar-refractivity contribution in [1.82, 2.24) is 10.2 Å². The molecule has 1 N–H and O–H groups in total. The Morgan fingerprint density at radius 3 is 2.26 bits per heavy atom. The van der Waals surface area contributed by atoms with Crippen LogP contribution in [-0.4, -0.2) is 53.9 Å². The van der Waals surface area contributed by atoms with E-state index in [1.165, 1.54) is 6.08 Å². The number of halogens is 3. The number of piperazine rings is 1. The number of hydrogen-bond acceptors (Lipinski definition) is 5. The van der Waals surface area contributed by atoms with Gasteiger partial charge in [0.2, 0.25) is 5.91 Å². The molecule has 0 aromatic heterocycles. The number of hydrogen-bond donors (Lipinski definition) is 1. The Balaban J connectivity index is 1.34. The van der Waals surface area contributed by atoms with E-state index in [2.05, 4.69) is 5.32 Å². The largest absolute Gasteiger partial charge is 0.416 e. The van der Waals surface area contributed by atoms with Gasteiger partial charge >= 0.3 is 6.18 Å². The number of rotatable bonds is 6. The topological polar surface area (TPSA) is 95.8 Å². The first-order valence-electron chi connectivity index (χ1n) is 11.1. The zero-order valence-electron chi connectivity index (χ0n) is 18.6. The zero-order valence-corrected chi connectivity index (χ0v) is 18.6. The third-order valence-corrected chi connectivity index (χ3v) is 5.94. The fourth-order valence-electron chi connectivity index (χ4n) is 3.80. The highest BCUT2D eigenvalue weighted by molar-refractivity contribution is 5.95. The van der Waals surface area contributed by atoms with E-state index in [9.17, 15) is 32.9 Å². The SMILES string of the molecule is O=C(NC1CC1)c1ccc(/C=C/C(=O)N2CCN(c3ccc(C(F)(F)F)cc3[N+](=O)[O-])CC2)cc1. The van der Waals surface area contributed by atoms with Crippen molar-refractivity contribution in [2.75, 3.05) is 31.1 Å². The number of carbonyl (C=O) groups is 2. The van der Waals surface area contributed by atoms with Gasteiger partial charge in [0.25, 0.3) is 11.6 Å². The Morgan fingerprint density at radius 1 is 1.03 bits per heavy atom. The molecule has 1 saturated heterocycles. The summed E-state index contributed by atoms with van der Waals surface area (Å²) < 4.78 is 38.8. The lowest BCUT2D eigenvalue weighted by atomic mass is 10.1. The third-order valence-electron chi connectivity index (χ3n) is 5.94. The number of alkyl halides is 3. The van der Waals surface area contributed by atoms with Crippen LogP contribution in [0.15, 0.2) is 48.5 Å². The number of anilines is 1. The molecule has 0 spiro atoms. The number of carbonyl (C=O) groups excluding carboxylic acids is 2. The highest BCUT2D eigenvalue weighted by atomic mass is 19.4. The standard InChI is InChI=1S/C24H23F3N4O4/c25-24(26,27)18-6-9-20(21(15-18)31(34)35)29-11-13-30(14-12-29)22(32)10-3-16-1-4-17(5-2-16)23(33)28-19-7-8-19/h1-6,9-10,15,19H,7-8,11-14H2,(H,28,33)/b10-3+. The molecule has 11 heteroatoms. The number of nitrogens with zero attached hydrogens (tertiary/aromatic N) is 3. The second-order valence-electron chi connectivity index (χ2n) is 8.47. The van der Waals surface area contributed by atoms with Crippen molar-refractivity contribution in [1.29, 1.82) is 0 Å². The van der Waals surface area contributed by atoms with E-state index >= 15 is 0 Å². The summed E-state index contributed by atoms with van der Waals surface area (Å²) in [6.45, 7) is 1.02. The van der Waals surface area contributed by atoms with E-state index < -0.39 is 22.4 Å². The summed E-state index contributed by atoms with van der Waals surface area (Å²) >= 11 is 0. The van der Waals surface area contributed by atoms with Gasteiger partial charge in [0.15, 0.2) is 0 Å². The van der Waals surface area contributed by atoms with E-state index in [-0.39, 0.29) is 49.7 Å². The van der Waals surface area contributed by atoms with Crippen molar-refractivity contribution in [2.24, 2.45) is 0 Å². The minimum absolute atomic E-state index is 0.0939. The smallest absolute Gasteiger partial charge is 0.362 e. The fourth-order valence-corrected chi connectivity index (χ4v) is 3.80. The molecule has 4 rings (SSSR count). The summed E-state index contributed by atoms with van der Waals surface area (Å²) in [6.07, 6.45) is 0.381. The average molecular weight is 488 g/mol. The molecular weight excluding hydrogens is 465 g/mol. The summed E-state index contributed by atoms with van der Waals surface area (Å²) in [5.41, 5.74) is -0.303. The lowest BCUT2D eigenvalue weighted by Gasteiger charge is -2.35. The van der Waals surface area contributed by atoms with Crippen molar-refractivity contribution in [2.45, 2.75) is 25.1 Å². The van der Waals surface area contributed by atoms with Crippen molar-refractivity contribution in [3.8, 4) is 0 Å². The maximum Gasteiger partial charge on any atom is 0.416 e. The van der Waals surface area contributed by atoms with Crippen LogP contribution in [0.1, 0.15) is 34.3 Å². The van der Waals surface area contributed by atoms with Crippen LogP contribution in [0.2, 0.25) is 0 Å². The predicted molar refractivity (Wildman–Crippen MR) is 123 cm³/mol. The van der Waals surface area contributed by atoms with Crippen LogP contribution < -0.4 is 10.2 Å². The molecule has 2 aliphatic rings. The first-order chi connectivity index (χ1) is 16.6. The molecular formula is C24H23F3N4O4. The molecule has 0 atom stereocenters. The third kappa shape index (κ3) is 5.97. The van der Waals surface area contributed by atoms with Crippen LogP contribution in [0.5, 0.6) is 0 Å². The number of amides is 2. The van der Waals surface area contributed by atoms with Crippen LogP contribution in [0.25, 0.3) is 6.08 Å². The van der Waals surface area contributed by atoms with Crippen LogP contribution in [0.3, 0.4) is 0 Å². The van der Waals surface area contributed by atoms with E-state index in [4.69, 9.17) is 0 Å². The summed E-state index contributed by atoms with van der Waals surface area (Å²) in [5, 5.41) is 14.3.